The molecule has 0 aliphatic carbocycles. The smallest absolute Gasteiger partial charge is 0.407 e. The molecule has 7 nitrogen and oxygen atoms in total. The number of nitrogens with two attached hydrogens (primary N) is 1. The number of hydrogen-bond acceptors (Lipinski definition) is 3. The Hall–Kier alpha value is -1.70. The quantitative estimate of drug-likeness (QED) is 0.767. The summed E-state index contributed by atoms with van der Waals surface area (Å²) in [5.74, 6) is -0.307. The lowest BCUT2D eigenvalue weighted by Crippen LogP contribution is -2.41. The monoisotopic (exact) mass is 361 g/mol. The van der Waals surface area contributed by atoms with Crippen LogP contribution in [0.5, 0.6) is 0 Å². The summed E-state index contributed by atoms with van der Waals surface area (Å²) in [6.07, 6.45) is -1.46. The maximum absolute atomic E-state index is 11.3. The second kappa shape index (κ2) is 7.72. The van der Waals surface area contributed by atoms with E-state index in [9.17, 15) is 14.7 Å². The fourth-order valence-electron chi connectivity index (χ4n) is 2.53. The van der Waals surface area contributed by atoms with E-state index < -0.39 is 18.2 Å². The van der Waals surface area contributed by atoms with Crippen LogP contribution in [0.4, 0.5) is 9.59 Å². The minimum absolute atomic E-state index is 0.185. The highest BCUT2D eigenvalue weighted by Crippen LogP contribution is 2.33. The van der Waals surface area contributed by atoms with Crippen LogP contribution in [0.3, 0.4) is 0 Å². The van der Waals surface area contributed by atoms with E-state index in [1.165, 1.54) is 4.90 Å². The Morgan fingerprint density at radius 2 is 2.13 bits per heavy atom. The van der Waals surface area contributed by atoms with Gasteiger partial charge in [0.25, 0.3) is 0 Å². The number of carbonyl (C=O) groups is 2. The molecule has 2 atom stereocenters. The molecule has 0 saturated carbocycles. The number of ether oxygens (including phenoxy) is 1. The summed E-state index contributed by atoms with van der Waals surface area (Å²) in [7, 11) is 0. The number of hydrogen-bond donors (Lipinski definition) is 3. The number of carboxylic acid groups (broad SMARTS) is 1. The van der Waals surface area contributed by atoms with E-state index in [1.807, 2.05) is 0 Å². The number of amides is 3. The highest BCUT2D eigenvalue weighted by Gasteiger charge is 2.31. The highest BCUT2D eigenvalue weighted by molar-refractivity contribution is 6.42. The van der Waals surface area contributed by atoms with Gasteiger partial charge in [0.1, 0.15) is 0 Å². The van der Waals surface area contributed by atoms with Crippen LogP contribution in [-0.2, 0) is 4.74 Å². The first-order valence-corrected chi connectivity index (χ1v) is 7.71. The van der Waals surface area contributed by atoms with E-state index in [1.54, 1.807) is 18.2 Å². The van der Waals surface area contributed by atoms with Gasteiger partial charge in [-0.1, -0.05) is 29.3 Å². The Balaban J connectivity index is 2.26. The minimum atomic E-state index is -1.03. The lowest BCUT2D eigenvalue weighted by Gasteiger charge is -2.27. The van der Waals surface area contributed by atoms with Crippen molar-refractivity contribution >= 4 is 35.3 Å². The molecule has 0 spiro atoms. The third-order valence-electron chi connectivity index (χ3n) is 3.62. The second-order valence-electron chi connectivity index (χ2n) is 5.20. The Morgan fingerprint density at radius 3 is 2.74 bits per heavy atom. The predicted molar refractivity (Wildman–Crippen MR) is 85.8 cm³/mol. The minimum Gasteiger partial charge on any atom is -0.465 e. The van der Waals surface area contributed by atoms with E-state index in [-0.39, 0.29) is 32.2 Å². The van der Waals surface area contributed by atoms with Crippen molar-refractivity contribution in [2.75, 3.05) is 26.2 Å². The molecular weight excluding hydrogens is 345 g/mol. The van der Waals surface area contributed by atoms with Gasteiger partial charge in [-0.2, -0.15) is 0 Å². The van der Waals surface area contributed by atoms with Gasteiger partial charge >= 0.3 is 12.1 Å². The Bertz CT molecular complexity index is 599. The third-order valence-corrected chi connectivity index (χ3v) is 4.36. The van der Waals surface area contributed by atoms with E-state index >= 15 is 0 Å². The summed E-state index contributed by atoms with van der Waals surface area (Å²) in [5.41, 5.74) is 5.88. The standard InChI is InChI=1S/C14H17Cl2N3O4/c15-10-2-1-8(5-11(10)16)12-9(6-18-13(17)20)7-19(14(21)22)3-4-23-12/h1-2,5,9,12H,3-4,6-7H2,(H,21,22)(H3,17,18,20). The van der Waals surface area contributed by atoms with Crippen LogP contribution < -0.4 is 11.1 Å². The third kappa shape index (κ3) is 4.63. The van der Waals surface area contributed by atoms with E-state index in [0.717, 1.165) is 5.56 Å². The zero-order chi connectivity index (χ0) is 17.0. The summed E-state index contributed by atoms with van der Waals surface area (Å²) in [6, 6.07) is 4.43. The molecule has 1 aliphatic rings. The fraction of sp³-hybridized carbons (Fsp3) is 0.429. The van der Waals surface area contributed by atoms with Crippen molar-refractivity contribution in [2.24, 2.45) is 11.7 Å². The van der Waals surface area contributed by atoms with Crippen LogP contribution >= 0.6 is 23.2 Å². The molecule has 1 aromatic carbocycles. The van der Waals surface area contributed by atoms with Crippen molar-refractivity contribution < 1.29 is 19.4 Å². The number of halogens is 2. The van der Waals surface area contributed by atoms with Gasteiger partial charge in [0.05, 0.1) is 22.8 Å². The van der Waals surface area contributed by atoms with Crippen molar-refractivity contribution in [3.05, 3.63) is 33.8 Å². The molecule has 1 heterocycles. The summed E-state index contributed by atoms with van der Waals surface area (Å²) in [6.45, 7) is 0.884. The SMILES string of the molecule is NC(=O)NCC1CN(C(=O)O)CCOC1c1ccc(Cl)c(Cl)c1. The van der Waals surface area contributed by atoms with Gasteiger partial charge in [-0.05, 0) is 17.7 Å². The zero-order valence-corrected chi connectivity index (χ0v) is 13.7. The number of nitrogens with one attached hydrogen (secondary N) is 1. The molecule has 0 aromatic heterocycles. The van der Waals surface area contributed by atoms with Crippen LogP contribution in [0, 0.1) is 5.92 Å². The molecule has 2 unspecified atom stereocenters. The molecule has 1 aromatic rings. The number of nitrogens with zero attached hydrogens (tertiary/aromatic N) is 1. The number of rotatable bonds is 3. The Labute approximate surface area is 143 Å². The van der Waals surface area contributed by atoms with Crippen LogP contribution in [-0.4, -0.2) is 48.4 Å². The fourth-order valence-corrected chi connectivity index (χ4v) is 2.84. The Kier molecular flexibility index (Phi) is 5.92. The first-order valence-electron chi connectivity index (χ1n) is 6.96. The van der Waals surface area contributed by atoms with Crippen molar-refractivity contribution in [1.82, 2.24) is 10.2 Å². The van der Waals surface area contributed by atoms with Gasteiger partial charge in [-0.25, -0.2) is 9.59 Å². The van der Waals surface area contributed by atoms with Gasteiger partial charge in [-0.3, -0.25) is 0 Å². The molecule has 1 saturated heterocycles. The van der Waals surface area contributed by atoms with Crippen LogP contribution in [0.1, 0.15) is 11.7 Å². The highest BCUT2D eigenvalue weighted by atomic mass is 35.5. The molecular formula is C14H17Cl2N3O4. The van der Waals surface area contributed by atoms with Crippen molar-refractivity contribution in [1.29, 1.82) is 0 Å². The molecule has 3 amide bonds. The molecule has 23 heavy (non-hydrogen) atoms. The number of primary amides is 1. The molecule has 1 fully saturated rings. The maximum atomic E-state index is 11.3. The normalized spacial score (nSPS) is 21.6. The van der Waals surface area contributed by atoms with E-state index in [2.05, 4.69) is 5.32 Å². The molecule has 0 bridgehead atoms. The summed E-state index contributed by atoms with van der Waals surface area (Å²) >= 11 is 12.0. The van der Waals surface area contributed by atoms with Gasteiger partial charge in [0.2, 0.25) is 0 Å². The summed E-state index contributed by atoms with van der Waals surface area (Å²) in [5, 5.41) is 12.5. The molecule has 4 N–H and O–H groups in total. The van der Waals surface area contributed by atoms with Crippen molar-refractivity contribution in [3.63, 3.8) is 0 Å². The number of urea groups is 1. The largest absolute Gasteiger partial charge is 0.465 e. The average Bonchev–Trinajstić information content (AvgIpc) is 2.70. The van der Waals surface area contributed by atoms with E-state index in [0.29, 0.717) is 10.0 Å². The lowest BCUT2D eigenvalue weighted by atomic mass is 9.95. The van der Waals surface area contributed by atoms with Crippen molar-refractivity contribution in [2.45, 2.75) is 6.10 Å². The molecule has 0 radical (unpaired) electrons. The first kappa shape index (κ1) is 17.7. The van der Waals surface area contributed by atoms with Crippen LogP contribution in [0.2, 0.25) is 10.0 Å². The van der Waals surface area contributed by atoms with Crippen LogP contribution in [0.25, 0.3) is 0 Å². The summed E-state index contributed by atoms with van der Waals surface area (Å²) in [4.78, 5) is 23.5. The second-order valence-corrected chi connectivity index (χ2v) is 6.01. The summed E-state index contributed by atoms with van der Waals surface area (Å²) < 4.78 is 5.81. The lowest BCUT2D eigenvalue weighted by molar-refractivity contribution is 0.0315. The predicted octanol–water partition coefficient (Wildman–Crippen LogP) is 2.33. The van der Waals surface area contributed by atoms with Gasteiger partial charge in [0, 0.05) is 25.6 Å². The molecule has 2 rings (SSSR count). The number of benzene rings is 1. The van der Waals surface area contributed by atoms with Gasteiger partial charge in [-0.15, -0.1) is 0 Å². The number of carbonyl (C=O) groups excluding carboxylic acids is 1. The molecule has 1 aliphatic heterocycles. The maximum Gasteiger partial charge on any atom is 0.407 e. The topological polar surface area (TPSA) is 105 Å². The van der Waals surface area contributed by atoms with Crippen molar-refractivity contribution in [3.8, 4) is 0 Å². The average molecular weight is 362 g/mol. The molecule has 9 heteroatoms. The van der Waals surface area contributed by atoms with Gasteiger partial charge < -0.3 is 25.8 Å². The van der Waals surface area contributed by atoms with Crippen LogP contribution in [0.15, 0.2) is 18.2 Å². The molecule has 126 valence electrons. The van der Waals surface area contributed by atoms with E-state index in [4.69, 9.17) is 33.7 Å². The Morgan fingerprint density at radius 1 is 1.39 bits per heavy atom. The van der Waals surface area contributed by atoms with Gasteiger partial charge in [0.15, 0.2) is 0 Å². The first-order chi connectivity index (χ1) is 10.9. The zero-order valence-electron chi connectivity index (χ0n) is 12.2.